The number of carbonyl (C=O) groups is 1. The van der Waals surface area contributed by atoms with Gasteiger partial charge in [-0.3, -0.25) is 9.10 Å². The second-order valence-electron chi connectivity index (χ2n) is 6.13. The van der Waals surface area contributed by atoms with Crippen LogP contribution in [-0.2, 0) is 21.2 Å². The average molecular weight is 403 g/mol. The maximum absolute atomic E-state index is 12.2. The van der Waals surface area contributed by atoms with Gasteiger partial charge >= 0.3 is 0 Å². The molecule has 0 bridgehead atoms. The smallest absolute Gasteiger partial charge is 0.235 e. The molecule has 9 heteroatoms. The molecule has 0 atom stereocenters. The van der Waals surface area contributed by atoms with Crippen LogP contribution >= 0.6 is 11.3 Å². The van der Waals surface area contributed by atoms with Crippen LogP contribution in [0.2, 0.25) is 0 Å². The van der Waals surface area contributed by atoms with Crippen molar-refractivity contribution >= 4 is 38.6 Å². The van der Waals surface area contributed by atoms with E-state index in [0.717, 1.165) is 5.01 Å². The minimum Gasteiger partial charge on any atom is -0.462 e. The molecule has 2 aromatic heterocycles. The standard InChI is InChI=1S/C18H17N3O4S2/c22-17(11-14-12-26-18(20-14)16-3-1-9-25-16)19-13-4-6-15(7-5-13)21-8-2-10-27(21,23)24/h1,3-7,9,12H,2,8,10-11H2,(H,19,22). The molecule has 1 N–H and O–H groups in total. The molecule has 1 amide bonds. The molecule has 1 aromatic carbocycles. The minimum atomic E-state index is -3.20. The van der Waals surface area contributed by atoms with Crippen LogP contribution in [0.1, 0.15) is 12.1 Å². The van der Waals surface area contributed by atoms with Crippen molar-refractivity contribution in [1.29, 1.82) is 0 Å². The van der Waals surface area contributed by atoms with Crippen molar-refractivity contribution in [2.45, 2.75) is 12.8 Å². The van der Waals surface area contributed by atoms with Gasteiger partial charge < -0.3 is 9.73 Å². The van der Waals surface area contributed by atoms with Crippen molar-refractivity contribution in [3.05, 3.63) is 53.7 Å². The molecule has 140 valence electrons. The molecule has 0 radical (unpaired) electrons. The van der Waals surface area contributed by atoms with Crippen molar-refractivity contribution in [3.8, 4) is 10.8 Å². The molecule has 0 spiro atoms. The Morgan fingerprint density at radius 2 is 2.07 bits per heavy atom. The number of hydrogen-bond acceptors (Lipinski definition) is 6. The Hall–Kier alpha value is -2.65. The Morgan fingerprint density at radius 1 is 1.26 bits per heavy atom. The summed E-state index contributed by atoms with van der Waals surface area (Å²) in [5, 5.41) is 5.37. The lowest BCUT2D eigenvalue weighted by Gasteiger charge is -2.17. The van der Waals surface area contributed by atoms with Gasteiger partial charge in [0.15, 0.2) is 10.8 Å². The van der Waals surface area contributed by atoms with Crippen molar-refractivity contribution in [3.63, 3.8) is 0 Å². The van der Waals surface area contributed by atoms with E-state index in [-0.39, 0.29) is 18.1 Å². The molecule has 1 aliphatic heterocycles. The summed E-state index contributed by atoms with van der Waals surface area (Å²) < 4.78 is 30.6. The van der Waals surface area contributed by atoms with Crippen molar-refractivity contribution < 1.29 is 17.6 Å². The fraction of sp³-hybridized carbons (Fsp3) is 0.222. The van der Waals surface area contributed by atoms with E-state index in [4.69, 9.17) is 4.42 Å². The number of amides is 1. The Balaban J connectivity index is 1.38. The first-order valence-electron chi connectivity index (χ1n) is 8.40. The van der Waals surface area contributed by atoms with Crippen LogP contribution in [0.25, 0.3) is 10.8 Å². The number of rotatable bonds is 5. The van der Waals surface area contributed by atoms with E-state index in [9.17, 15) is 13.2 Å². The van der Waals surface area contributed by atoms with Crippen molar-refractivity contribution in [2.24, 2.45) is 0 Å². The summed E-state index contributed by atoms with van der Waals surface area (Å²) in [7, 11) is -3.20. The third-order valence-corrected chi connectivity index (χ3v) is 6.94. The fourth-order valence-corrected chi connectivity index (χ4v) is 5.26. The highest BCUT2D eigenvalue weighted by Gasteiger charge is 2.28. The van der Waals surface area contributed by atoms with E-state index in [1.807, 2.05) is 11.4 Å². The summed E-state index contributed by atoms with van der Waals surface area (Å²) in [4.78, 5) is 16.7. The Bertz CT molecular complexity index is 1040. The molecule has 3 heterocycles. The van der Waals surface area contributed by atoms with Gasteiger partial charge in [-0.2, -0.15) is 0 Å². The number of sulfonamides is 1. The number of benzene rings is 1. The van der Waals surface area contributed by atoms with E-state index < -0.39 is 10.0 Å². The van der Waals surface area contributed by atoms with Gasteiger partial charge in [-0.25, -0.2) is 13.4 Å². The van der Waals surface area contributed by atoms with E-state index in [1.54, 1.807) is 36.6 Å². The summed E-state index contributed by atoms with van der Waals surface area (Å²) in [5.41, 5.74) is 1.90. The molecule has 4 rings (SSSR count). The number of nitrogens with one attached hydrogen (secondary N) is 1. The van der Waals surface area contributed by atoms with Crippen LogP contribution in [-0.4, -0.2) is 31.6 Å². The molecule has 7 nitrogen and oxygen atoms in total. The summed E-state index contributed by atoms with van der Waals surface area (Å²) in [6.07, 6.45) is 2.37. The highest BCUT2D eigenvalue weighted by Crippen LogP contribution is 2.26. The maximum Gasteiger partial charge on any atom is 0.235 e. The van der Waals surface area contributed by atoms with Crippen LogP contribution in [0, 0.1) is 0 Å². The molecule has 1 saturated heterocycles. The monoisotopic (exact) mass is 403 g/mol. The quantitative estimate of drug-likeness (QED) is 0.707. The largest absolute Gasteiger partial charge is 0.462 e. The van der Waals surface area contributed by atoms with Crippen LogP contribution < -0.4 is 9.62 Å². The van der Waals surface area contributed by atoms with E-state index >= 15 is 0 Å². The molecule has 0 saturated carbocycles. The highest BCUT2D eigenvalue weighted by molar-refractivity contribution is 7.93. The number of anilines is 2. The average Bonchev–Trinajstić information content (AvgIpc) is 3.36. The van der Waals surface area contributed by atoms with E-state index in [1.165, 1.54) is 15.6 Å². The zero-order chi connectivity index (χ0) is 18.9. The zero-order valence-electron chi connectivity index (χ0n) is 14.3. The third kappa shape index (κ3) is 3.88. The number of thiazole rings is 1. The fourth-order valence-electron chi connectivity index (χ4n) is 2.91. The van der Waals surface area contributed by atoms with Crippen LogP contribution in [0.4, 0.5) is 11.4 Å². The summed E-state index contributed by atoms with van der Waals surface area (Å²) >= 11 is 1.42. The van der Waals surface area contributed by atoms with Crippen LogP contribution in [0.3, 0.4) is 0 Å². The number of hydrogen-bond donors (Lipinski definition) is 1. The van der Waals surface area contributed by atoms with Crippen LogP contribution in [0.5, 0.6) is 0 Å². The molecule has 0 unspecified atom stereocenters. The predicted octanol–water partition coefficient (Wildman–Crippen LogP) is 3.12. The first-order chi connectivity index (χ1) is 13.0. The van der Waals surface area contributed by atoms with E-state index in [0.29, 0.717) is 35.8 Å². The molecular weight excluding hydrogens is 386 g/mol. The third-order valence-electron chi connectivity index (χ3n) is 4.16. The van der Waals surface area contributed by atoms with Crippen molar-refractivity contribution in [1.82, 2.24) is 4.98 Å². The van der Waals surface area contributed by atoms with Gasteiger partial charge in [0.05, 0.1) is 29.8 Å². The number of carbonyl (C=O) groups excluding carboxylic acids is 1. The minimum absolute atomic E-state index is 0.152. The van der Waals surface area contributed by atoms with E-state index in [2.05, 4.69) is 10.3 Å². The molecule has 1 aliphatic rings. The highest BCUT2D eigenvalue weighted by atomic mass is 32.2. The van der Waals surface area contributed by atoms with Gasteiger partial charge in [0.1, 0.15) is 0 Å². The second kappa shape index (κ2) is 7.16. The van der Waals surface area contributed by atoms with Gasteiger partial charge in [-0.15, -0.1) is 11.3 Å². The lowest BCUT2D eigenvalue weighted by atomic mass is 10.2. The molecule has 3 aromatic rings. The lowest BCUT2D eigenvalue weighted by molar-refractivity contribution is -0.115. The Kier molecular flexibility index (Phi) is 4.71. The molecular formula is C18H17N3O4S2. The number of furan rings is 1. The normalized spacial score (nSPS) is 15.8. The maximum atomic E-state index is 12.2. The SMILES string of the molecule is O=C(Cc1csc(-c2ccco2)n1)Nc1ccc(N2CCCS2(=O)=O)cc1. The zero-order valence-corrected chi connectivity index (χ0v) is 15.9. The first kappa shape index (κ1) is 17.7. The number of aromatic nitrogens is 1. The first-order valence-corrected chi connectivity index (χ1v) is 10.9. The van der Waals surface area contributed by atoms with Crippen molar-refractivity contribution in [2.75, 3.05) is 21.9 Å². The number of nitrogens with zero attached hydrogens (tertiary/aromatic N) is 2. The van der Waals surface area contributed by atoms with Gasteiger partial charge in [-0.1, -0.05) is 0 Å². The summed E-state index contributed by atoms with van der Waals surface area (Å²) in [6, 6.07) is 10.4. The van der Waals surface area contributed by atoms with Gasteiger partial charge in [-0.05, 0) is 42.8 Å². The summed E-state index contributed by atoms with van der Waals surface area (Å²) in [6.45, 7) is 0.496. The van der Waals surface area contributed by atoms with Crippen LogP contribution in [0.15, 0.2) is 52.5 Å². The Morgan fingerprint density at radius 3 is 2.74 bits per heavy atom. The van der Waals surface area contributed by atoms with Gasteiger partial charge in [0, 0.05) is 17.6 Å². The van der Waals surface area contributed by atoms with Gasteiger partial charge in [0.25, 0.3) is 0 Å². The molecule has 0 aliphatic carbocycles. The molecule has 1 fully saturated rings. The molecule has 27 heavy (non-hydrogen) atoms. The van der Waals surface area contributed by atoms with Gasteiger partial charge in [0.2, 0.25) is 15.9 Å². The lowest BCUT2D eigenvalue weighted by Crippen LogP contribution is -2.25. The second-order valence-corrected chi connectivity index (χ2v) is 9.01. The summed E-state index contributed by atoms with van der Waals surface area (Å²) in [5.74, 6) is 0.672. The Labute approximate surface area is 160 Å². The topological polar surface area (TPSA) is 92.5 Å². The predicted molar refractivity (Wildman–Crippen MR) is 104 cm³/mol.